The molecule has 1 aromatic carbocycles. The summed E-state index contributed by atoms with van der Waals surface area (Å²) in [6, 6.07) is 6.73. The van der Waals surface area contributed by atoms with Crippen LogP contribution >= 0.6 is 0 Å². The summed E-state index contributed by atoms with van der Waals surface area (Å²) in [5.41, 5.74) is -0.233. The summed E-state index contributed by atoms with van der Waals surface area (Å²) < 4.78 is 4.88. The monoisotopic (exact) mass is 230 g/mol. The van der Waals surface area contributed by atoms with E-state index in [9.17, 15) is 9.59 Å². The van der Waals surface area contributed by atoms with E-state index < -0.39 is 5.97 Å². The maximum atomic E-state index is 11.7. The molecule has 0 aliphatic rings. The summed E-state index contributed by atoms with van der Waals surface area (Å²) in [4.78, 5) is 23.2. The number of nitrogens with one attached hydrogen (secondary N) is 1. The third-order valence-electron chi connectivity index (χ3n) is 2.22. The predicted molar refractivity (Wildman–Crippen MR) is 62.8 cm³/mol. The zero-order valence-electron chi connectivity index (χ0n) is 8.97. The highest BCUT2D eigenvalue weighted by Gasteiger charge is 2.14. The molecule has 0 aliphatic heterocycles. The molecule has 2 aromatic rings. The molecule has 0 amide bonds. The van der Waals surface area contributed by atoms with Crippen molar-refractivity contribution in [1.29, 1.82) is 0 Å². The van der Waals surface area contributed by atoms with Crippen LogP contribution in [0.25, 0.3) is 10.8 Å². The summed E-state index contributed by atoms with van der Waals surface area (Å²) in [6.45, 7) is 3.55. The molecule has 0 atom stereocenters. The molecule has 1 N–H and O–H groups in total. The van der Waals surface area contributed by atoms with Crippen molar-refractivity contribution in [2.75, 3.05) is 6.61 Å². The Hall–Kier alpha value is -2.43. The zero-order valence-corrected chi connectivity index (χ0v) is 8.97. The lowest BCUT2D eigenvalue weighted by molar-refractivity contribution is 0.0544. The first kappa shape index (κ1) is 11.1. The van der Waals surface area contributed by atoms with E-state index in [1.807, 2.05) is 0 Å². The van der Waals surface area contributed by atoms with Crippen molar-refractivity contribution in [3.8, 4) is 0 Å². The molecule has 1 aromatic heterocycles. The molecule has 86 valence electrons. The first-order valence-corrected chi connectivity index (χ1v) is 4.99. The summed E-state index contributed by atoms with van der Waals surface area (Å²) in [7, 11) is 0. The van der Waals surface area contributed by atoms with Gasteiger partial charge in [-0.05, 0) is 6.07 Å². The van der Waals surface area contributed by atoms with Crippen molar-refractivity contribution in [2.24, 2.45) is 0 Å². The Kier molecular flexibility index (Phi) is 3.00. The number of esters is 1. The van der Waals surface area contributed by atoms with E-state index in [4.69, 9.17) is 4.74 Å². The van der Waals surface area contributed by atoms with Gasteiger partial charge in [0, 0.05) is 5.39 Å². The topological polar surface area (TPSA) is 72.0 Å². The van der Waals surface area contributed by atoms with Crippen LogP contribution in [0.2, 0.25) is 0 Å². The number of ether oxygens (including phenoxy) is 1. The summed E-state index contributed by atoms with van der Waals surface area (Å²) in [6.07, 6.45) is 1.46. The quantitative estimate of drug-likeness (QED) is 0.636. The van der Waals surface area contributed by atoms with Gasteiger partial charge in [0.25, 0.3) is 5.56 Å². The molecule has 0 aliphatic carbocycles. The molecule has 0 radical (unpaired) electrons. The van der Waals surface area contributed by atoms with Crippen molar-refractivity contribution < 1.29 is 9.53 Å². The fourth-order valence-corrected chi connectivity index (χ4v) is 1.47. The first-order valence-electron chi connectivity index (χ1n) is 4.99. The van der Waals surface area contributed by atoms with Gasteiger partial charge in [0.2, 0.25) is 0 Å². The number of nitrogens with zero attached hydrogens (tertiary/aromatic N) is 1. The molecule has 0 fully saturated rings. The second-order valence-electron chi connectivity index (χ2n) is 3.33. The van der Waals surface area contributed by atoms with E-state index in [1.54, 1.807) is 24.3 Å². The Labute approximate surface area is 96.7 Å². The van der Waals surface area contributed by atoms with Crippen molar-refractivity contribution >= 4 is 16.7 Å². The van der Waals surface area contributed by atoms with Crippen molar-refractivity contribution in [1.82, 2.24) is 10.2 Å². The van der Waals surface area contributed by atoms with E-state index in [2.05, 4.69) is 16.8 Å². The van der Waals surface area contributed by atoms with Gasteiger partial charge in [0.1, 0.15) is 6.61 Å². The Morgan fingerprint density at radius 2 is 2.12 bits per heavy atom. The minimum Gasteiger partial charge on any atom is -0.457 e. The van der Waals surface area contributed by atoms with Gasteiger partial charge in [0.15, 0.2) is 5.69 Å². The number of hydrogen-bond acceptors (Lipinski definition) is 4. The molecule has 5 heteroatoms. The lowest BCUT2D eigenvalue weighted by atomic mass is 10.1. The number of fused-ring (bicyclic) bond motifs is 1. The van der Waals surface area contributed by atoms with E-state index in [0.717, 1.165) is 0 Å². The Morgan fingerprint density at radius 3 is 2.82 bits per heavy atom. The van der Waals surface area contributed by atoms with E-state index >= 15 is 0 Å². The smallest absolute Gasteiger partial charge is 0.359 e. The molecule has 17 heavy (non-hydrogen) atoms. The first-order chi connectivity index (χ1) is 8.24. The maximum Gasteiger partial charge on any atom is 0.359 e. The van der Waals surface area contributed by atoms with Crippen LogP contribution in [0.3, 0.4) is 0 Å². The SMILES string of the molecule is C=CCOC(=O)c1n[nH]c(=O)c2ccccc12. The second-order valence-corrected chi connectivity index (χ2v) is 3.33. The van der Waals surface area contributed by atoms with Gasteiger partial charge >= 0.3 is 5.97 Å². The highest BCUT2D eigenvalue weighted by molar-refractivity contribution is 6.01. The van der Waals surface area contributed by atoms with Crippen molar-refractivity contribution in [2.45, 2.75) is 0 Å². The third-order valence-corrected chi connectivity index (χ3v) is 2.22. The standard InChI is InChI=1S/C12H10N2O3/c1-2-7-17-12(16)10-8-5-3-4-6-9(8)11(15)14-13-10/h2-6H,1,7H2,(H,14,15). The summed E-state index contributed by atoms with van der Waals surface area (Å²) in [5, 5.41) is 6.87. The van der Waals surface area contributed by atoms with E-state index in [-0.39, 0.29) is 17.9 Å². The molecular weight excluding hydrogens is 220 g/mol. The number of rotatable bonds is 3. The molecule has 2 rings (SSSR count). The number of aromatic nitrogens is 2. The second kappa shape index (κ2) is 4.61. The molecular formula is C12H10N2O3. The molecule has 0 unspecified atom stereocenters. The Bertz CT molecular complexity index is 631. The Morgan fingerprint density at radius 1 is 1.41 bits per heavy atom. The third kappa shape index (κ3) is 2.08. The number of benzene rings is 1. The van der Waals surface area contributed by atoms with Gasteiger partial charge in [-0.2, -0.15) is 5.10 Å². The van der Waals surface area contributed by atoms with Gasteiger partial charge in [0.05, 0.1) is 5.39 Å². The van der Waals surface area contributed by atoms with Gasteiger partial charge in [-0.15, -0.1) is 0 Å². The molecule has 0 saturated heterocycles. The Balaban J connectivity index is 2.55. The lowest BCUT2D eigenvalue weighted by Crippen LogP contribution is -2.16. The fraction of sp³-hybridized carbons (Fsp3) is 0.0833. The number of carbonyl (C=O) groups is 1. The largest absolute Gasteiger partial charge is 0.457 e. The van der Waals surface area contributed by atoms with Crippen LogP contribution in [-0.4, -0.2) is 22.8 Å². The minimum absolute atomic E-state index is 0.0991. The molecule has 1 heterocycles. The number of hydrogen-bond donors (Lipinski definition) is 1. The van der Waals surface area contributed by atoms with E-state index in [0.29, 0.717) is 10.8 Å². The average Bonchev–Trinajstić information content (AvgIpc) is 2.37. The van der Waals surface area contributed by atoms with Gasteiger partial charge in [-0.1, -0.05) is 30.9 Å². The van der Waals surface area contributed by atoms with Crippen LogP contribution < -0.4 is 5.56 Å². The van der Waals surface area contributed by atoms with Gasteiger partial charge < -0.3 is 4.74 Å². The highest BCUT2D eigenvalue weighted by Crippen LogP contribution is 2.12. The van der Waals surface area contributed by atoms with Crippen LogP contribution in [0, 0.1) is 0 Å². The van der Waals surface area contributed by atoms with Gasteiger partial charge in [-0.25, -0.2) is 9.89 Å². The van der Waals surface area contributed by atoms with E-state index in [1.165, 1.54) is 6.08 Å². The fourth-order valence-electron chi connectivity index (χ4n) is 1.47. The van der Waals surface area contributed by atoms with Crippen LogP contribution in [-0.2, 0) is 4.74 Å². The molecule has 0 spiro atoms. The number of aromatic amines is 1. The average molecular weight is 230 g/mol. The maximum absolute atomic E-state index is 11.7. The van der Waals surface area contributed by atoms with Crippen LogP contribution in [0.1, 0.15) is 10.5 Å². The number of carbonyl (C=O) groups excluding carboxylic acids is 1. The van der Waals surface area contributed by atoms with Crippen LogP contribution in [0.15, 0.2) is 41.7 Å². The lowest BCUT2D eigenvalue weighted by Gasteiger charge is -2.03. The van der Waals surface area contributed by atoms with Crippen LogP contribution in [0.5, 0.6) is 0 Å². The molecule has 0 saturated carbocycles. The molecule has 5 nitrogen and oxygen atoms in total. The highest BCUT2D eigenvalue weighted by atomic mass is 16.5. The van der Waals surface area contributed by atoms with Crippen molar-refractivity contribution in [3.05, 3.63) is 53.0 Å². The van der Waals surface area contributed by atoms with Gasteiger partial charge in [-0.3, -0.25) is 4.79 Å². The van der Waals surface area contributed by atoms with Crippen molar-refractivity contribution in [3.63, 3.8) is 0 Å². The van der Waals surface area contributed by atoms with Crippen LogP contribution in [0.4, 0.5) is 0 Å². The molecule has 0 bridgehead atoms. The normalized spacial score (nSPS) is 10.1. The summed E-state index contributed by atoms with van der Waals surface area (Å²) >= 11 is 0. The predicted octanol–water partition coefficient (Wildman–Crippen LogP) is 1.27. The summed E-state index contributed by atoms with van der Waals surface area (Å²) in [5.74, 6) is -0.586. The number of H-pyrrole nitrogens is 1. The zero-order chi connectivity index (χ0) is 12.3. The minimum atomic E-state index is -0.586.